The molecule has 0 unspecified atom stereocenters. The van der Waals surface area contributed by atoms with E-state index in [1.54, 1.807) is 20.8 Å². The predicted molar refractivity (Wildman–Crippen MR) is 63.5 cm³/mol. The van der Waals surface area contributed by atoms with E-state index in [1.807, 2.05) is 0 Å². The lowest BCUT2D eigenvalue weighted by Gasteiger charge is -2.26. The van der Waals surface area contributed by atoms with Gasteiger partial charge in [0.25, 0.3) is 0 Å². The van der Waals surface area contributed by atoms with Gasteiger partial charge in [-0.2, -0.15) is 0 Å². The van der Waals surface area contributed by atoms with E-state index in [-0.39, 0.29) is 18.8 Å². The van der Waals surface area contributed by atoms with Gasteiger partial charge in [-0.3, -0.25) is 0 Å². The molecule has 102 valence electrons. The van der Waals surface area contributed by atoms with Gasteiger partial charge in [0.2, 0.25) is 0 Å². The lowest BCUT2D eigenvalue weighted by atomic mass is 10.2. The van der Waals surface area contributed by atoms with E-state index in [1.165, 1.54) is 0 Å². The highest BCUT2D eigenvalue weighted by Gasteiger charge is 2.22. The lowest BCUT2D eigenvalue weighted by Crippen LogP contribution is -2.40. The maximum atomic E-state index is 12.3. The fourth-order valence-corrected chi connectivity index (χ4v) is 1.55. The van der Waals surface area contributed by atoms with E-state index in [4.69, 9.17) is 4.74 Å². The van der Waals surface area contributed by atoms with Gasteiger partial charge in [-0.1, -0.05) is 0 Å². The largest absolute Gasteiger partial charge is 0.444 e. The van der Waals surface area contributed by atoms with Gasteiger partial charge in [0.05, 0.1) is 12.3 Å². The van der Waals surface area contributed by atoms with Crippen LogP contribution >= 0.6 is 0 Å². The van der Waals surface area contributed by atoms with E-state index in [0.717, 1.165) is 11.2 Å². The molecule has 17 heavy (non-hydrogen) atoms. The Balaban J connectivity index is 4.47. The van der Waals surface area contributed by atoms with E-state index in [2.05, 4.69) is 0 Å². The summed E-state index contributed by atoms with van der Waals surface area (Å²) >= 11 is 0. The molecule has 0 fully saturated rings. The Morgan fingerprint density at radius 1 is 1.29 bits per heavy atom. The topological polar surface area (TPSA) is 63.7 Å². The molecule has 0 aliphatic heterocycles. The van der Waals surface area contributed by atoms with Gasteiger partial charge >= 0.3 is 6.09 Å². The molecular weight excluding hydrogens is 249 g/mol. The first kappa shape index (κ1) is 16.1. The molecule has 0 saturated carbocycles. The smallest absolute Gasteiger partial charge is 0.410 e. The number of halogens is 1. The van der Waals surface area contributed by atoms with Crippen LogP contribution < -0.4 is 0 Å². The van der Waals surface area contributed by atoms with Gasteiger partial charge in [0.15, 0.2) is 0 Å². The Kier molecular flexibility index (Phi) is 5.87. The standard InChI is InChI=1S/C10H20FNO4S/c1-10(2,3)16-9(13)12(6-5-11)7-8-17(4,14)15/h5-8H2,1-4H3. The van der Waals surface area contributed by atoms with Crippen LogP contribution in [0.1, 0.15) is 20.8 Å². The van der Waals surface area contributed by atoms with Crippen molar-refractivity contribution < 1.29 is 22.3 Å². The molecule has 0 radical (unpaired) electrons. The molecular formula is C10H20FNO4S. The minimum atomic E-state index is -3.19. The van der Waals surface area contributed by atoms with Crippen molar-refractivity contribution in [2.75, 3.05) is 31.8 Å². The van der Waals surface area contributed by atoms with E-state index in [9.17, 15) is 17.6 Å². The fourth-order valence-electron chi connectivity index (χ4n) is 0.999. The molecule has 5 nitrogen and oxygen atoms in total. The zero-order chi connectivity index (χ0) is 13.7. The van der Waals surface area contributed by atoms with Crippen LogP contribution in [0, 0.1) is 0 Å². The first-order valence-electron chi connectivity index (χ1n) is 5.27. The third-order valence-electron chi connectivity index (χ3n) is 1.74. The molecule has 0 N–H and O–H groups in total. The third-order valence-corrected chi connectivity index (χ3v) is 2.66. The van der Waals surface area contributed by atoms with Gasteiger partial charge in [0.1, 0.15) is 22.1 Å². The predicted octanol–water partition coefficient (Wildman–Crippen LogP) is 1.24. The molecule has 0 bridgehead atoms. The summed E-state index contributed by atoms with van der Waals surface area (Å²) in [6, 6.07) is 0. The number of carbonyl (C=O) groups is 1. The lowest BCUT2D eigenvalue weighted by molar-refractivity contribution is 0.0251. The van der Waals surface area contributed by atoms with Crippen LogP contribution in [0.15, 0.2) is 0 Å². The van der Waals surface area contributed by atoms with Crippen molar-refractivity contribution in [2.24, 2.45) is 0 Å². The van der Waals surface area contributed by atoms with Crippen LogP contribution in [0.25, 0.3) is 0 Å². The summed E-state index contributed by atoms with van der Waals surface area (Å²) in [6.45, 7) is 4.12. The van der Waals surface area contributed by atoms with Crippen LogP contribution in [0.4, 0.5) is 9.18 Å². The second-order valence-corrected chi connectivity index (χ2v) is 7.05. The van der Waals surface area contributed by atoms with Crippen LogP contribution in [0.2, 0.25) is 0 Å². The third kappa shape index (κ3) is 8.91. The van der Waals surface area contributed by atoms with Crippen molar-refractivity contribution in [3.05, 3.63) is 0 Å². The Labute approximate surface area is 102 Å². The molecule has 0 spiro atoms. The van der Waals surface area contributed by atoms with Crippen molar-refractivity contribution in [3.8, 4) is 0 Å². The summed E-state index contributed by atoms with van der Waals surface area (Å²) in [6.07, 6.45) is 0.370. The maximum absolute atomic E-state index is 12.3. The number of nitrogens with zero attached hydrogens (tertiary/aromatic N) is 1. The highest BCUT2D eigenvalue weighted by Crippen LogP contribution is 2.10. The summed E-state index contributed by atoms with van der Waals surface area (Å²) in [5.74, 6) is -0.202. The molecule has 1 amide bonds. The minimum absolute atomic E-state index is 0.0579. The van der Waals surface area contributed by atoms with Gasteiger partial charge < -0.3 is 9.64 Å². The molecule has 0 heterocycles. The molecule has 0 atom stereocenters. The van der Waals surface area contributed by atoms with E-state index < -0.39 is 28.2 Å². The first-order chi connectivity index (χ1) is 7.55. The van der Waals surface area contributed by atoms with Crippen molar-refractivity contribution in [2.45, 2.75) is 26.4 Å². The van der Waals surface area contributed by atoms with Gasteiger partial charge in [0, 0.05) is 12.8 Å². The molecule has 0 aromatic rings. The summed E-state index contributed by atoms with van der Waals surface area (Å²) in [4.78, 5) is 12.7. The Hall–Kier alpha value is -0.850. The number of rotatable bonds is 5. The Morgan fingerprint density at radius 2 is 1.82 bits per heavy atom. The zero-order valence-corrected chi connectivity index (χ0v) is 11.5. The molecule has 0 aromatic carbocycles. The summed E-state index contributed by atoms with van der Waals surface area (Å²) in [5, 5.41) is 0. The monoisotopic (exact) mass is 269 g/mol. The first-order valence-corrected chi connectivity index (χ1v) is 7.33. The normalized spacial score (nSPS) is 12.3. The summed E-state index contributed by atoms with van der Waals surface area (Å²) in [5.41, 5.74) is -0.684. The highest BCUT2D eigenvalue weighted by molar-refractivity contribution is 7.90. The number of hydrogen-bond donors (Lipinski definition) is 0. The minimum Gasteiger partial charge on any atom is -0.444 e. The van der Waals surface area contributed by atoms with Crippen molar-refractivity contribution in [3.63, 3.8) is 0 Å². The highest BCUT2D eigenvalue weighted by atomic mass is 32.2. The van der Waals surface area contributed by atoms with Crippen molar-refractivity contribution in [1.82, 2.24) is 4.90 Å². The molecule has 7 heteroatoms. The fraction of sp³-hybridized carbons (Fsp3) is 0.900. The average Bonchev–Trinajstić information content (AvgIpc) is 2.07. The second kappa shape index (κ2) is 6.18. The number of carbonyl (C=O) groups excluding carboxylic acids is 1. The Morgan fingerprint density at radius 3 is 2.18 bits per heavy atom. The number of alkyl halides is 1. The Bertz CT molecular complexity index is 348. The van der Waals surface area contributed by atoms with Crippen LogP contribution in [0.5, 0.6) is 0 Å². The van der Waals surface area contributed by atoms with Gasteiger partial charge in [-0.05, 0) is 20.8 Å². The molecule has 0 rings (SSSR count). The van der Waals surface area contributed by atoms with E-state index >= 15 is 0 Å². The molecule has 0 aromatic heterocycles. The molecule has 0 aliphatic rings. The van der Waals surface area contributed by atoms with Crippen LogP contribution in [0.3, 0.4) is 0 Å². The van der Waals surface area contributed by atoms with Gasteiger partial charge in [-0.25, -0.2) is 17.6 Å². The van der Waals surface area contributed by atoms with Crippen molar-refractivity contribution in [1.29, 1.82) is 0 Å². The zero-order valence-electron chi connectivity index (χ0n) is 10.7. The number of amides is 1. The maximum Gasteiger partial charge on any atom is 0.410 e. The molecule has 0 aliphatic carbocycles. The second-order valence-electron chi connectivity index (χ2n) is 4.79. The number of hydrogen-bond acceptors (Lipinski definition) is 4. The summed E-state index contributed by atoms with van der Waals surface area (Å²) in [7, 11) is -3.19. The number of ether oxygens (including phenoxy) is 1. The quantitative estimate of drug-likeness (QED) is 0.753. The van der Waals surface area contributed by atoms with Crippen LogP contribution in [-0.4, -0.2) is 56.8 Å². The van der Waals surface area contributed by atoms with Gasteiger partial charge in [-0.15, -0.1) is 0 Å². The average molecular weight is 269 g/mol. The molecule has 0 saturated heterocycles. The van der Waals surface area contributed by atoms with Crippen molar-refractivity contribution >= 4 is 15.9 Å². The van der Waals surface area contributed by atoms with Crippen LogP contribution in [-0.2, 0) is 14.6 Å². The van der Waals surface area contributed by atoms with E-state index in [0.29, 0.717) is 0 Å². The summed E-state index contributed by atoms with van der Waals surface area (Å²) < 4.78 is 39.3. The number of sulfone groups is 1. The SMILES string of the molecule is CC(C)(C)OC(=O)N(CCF)CCS(C)(=O)=O.